The van der Waals surface area contributed by atoms with Gasteiger partial charge in [0.1, 0.15) is 0 Å². The first kappa shape index (κ1) is 12.6. The summed E-state index contributed by atoms with van der Waals surface area (Å²) in [6.07, 6.45) is 3.89. The molecule has 0 N–H and O–H groups in total. The van der Waals surface area contributed by atoms with Gasteiger partial charge in [0.2, 0.25) is 0 Å². The third kappa shape index (κ3) is 2.37. The van der Waals surface area contributed by atoms with Crippen LogP contribution in [0.1, 0.15) is 30.1 Å². The van der Waals surface area contributed by atoms with E-state index in [4.69, 9.17) is 0 Å². The molecule has 1 heterocycles. The summed E-state index contributed by atoms with van der Waals surface area (Å²) in [7, 11) is 3.80. The van der Waals surface area contributed by atoms with Crippen molar-refractivity contribution in [1.82, 2.24) is 14.5 Å². The van der Waals surface area contributed by atoms with Gasteiger partial charge in [-0.2, -0.15) is 0 Å². The highest BCUT2D eigenvalue weighted by molar-refractivity contribution is 5.97. The number of benzene rings is 1. The molecule has 4 nitrogen and oxygen atoms in total. The van der Waals surface area contributed by atoms with Crippen molar-refractivity contribution < 1.29 is 4.79 Å². The first-order valence-corrected chi connectivity index (χ1v) is 6.30. The summed E-state index contributed by atoms with van der Waals surface area (Å²) in [5, 5.41) is 0. The first-order valence-electron chi connectivity index (χ1n) is 6.30. The molecule has 0 aliphatic heterocycles. The Hall–Kier alpha value is -1.84. The van der Waals surface area contributed by atoms with Crippen LogP contribution in [0.3, 0.4) is 0 Å². The lowest BCUT2D eigenvalue weighted by molar-refractivity contribution is 0.0793. The van der Waals surface area contributed by atoms with E-state index >= 15 is 0 Å². The Bertz CT molecular complexity index is 559. The van der Waals surface area contributed by atoms with Crippen LogP contribution in [-0.4, -0.2) is 34.0 Å². The standard InChI is InChI=1S/C14H19N3O/c1-4-5-8-16(2)14(18)11-6-7-13-12(9-11)15-10-17(13)3/h6-7,9-10H,4-5,8H2,1-3H3. The predicted octanol–water partition coefficient (Wildman–Crippen LogP) is 2.45. The van der Waals surface area contributed by atoms with E-state index in [9.17, 15) is 4.79 Å². The van der Waals surface area contributed by atoms with Crippen LogP contribution >= 0.6 is 0 Å². The summed E-state index contributed by atoms with van der Waals surface area (Å²) >= 11 is 0. The van der Waals surface area contributed by atoms with Crippen molar-refractivity contribution in [2.75, 3.05) is 13.6 Å². The molecule has 0 fully saturated rings. The van der Waals surface area contributed by atoms with Crippen LogP contribution in [0.5, 0.6) is 0 Å². The molecular weight excluding hydrogens is 226 g/mol. The molecule has 0 atom stereocenters. The number of hydrogen-bond acceptors (Lipinski definition) is 2. The van der Waals surface area contributed by atoms with Crippen LogP contribution in [0.2, 0.25) is 0 Å². The number of imidazole rings is 1. The molecule has 1 aromatic heterocycles. The molecule has 0 aliphatic rings. The van der Waals surface area contributed by atoms with Crippen LogP contribution in [0.15, 0.2) is 24.5 Å². The van der Waals surface area contributed by atoms with Gasteiger partial charge in [0.25, 0.3) is 5.91 Å². The van der Waals surface area contributed by atoms with Crippen molar-refractivity contribution >= 4 is 16.9 Å². The van der Waals surface area contributed by atoms with Crippen molar-refractivity contribution in [3.05, 3.63) is 30.1 Å². The van der Waals surface area contributed by atoms with Crippen LogP contribution in [0.4, 0.5) is 0 Å². The molecule has 0 spiro atoms. The molecule has 18 heavy (non-hydrogen) atoms. The van der Waals surface area contributed by atoms with E-state index in [1.165, 1.54) is 0 Å². The number of aryl methyl sites for hydroxylation is 1. The second-order valence-electron chi connectivity index (χ2n) is 4.64. The van der Waals surface area contributed by atoms with Gasteiger partial charge < -0.3 is 9.47 Å². The maximum atomic E-state index is 12.2. The van der Waals surface area contributed by atoms with Gasteiger partial charge in [-0.3, -0.25) is 4.79 Å². The zero-order valence-corrected chi connectivity index (χ0v) is 11.2. The van der Waals surface area contributed by atoms with Gasteiger partial charge in [0.15, 0.2) is 0 Å². The SMILES string of the molecule is CCCCN(C)C(=O)c1ccc2c(c1)ncn2C. The molecule has 0 saturated heterocycles. The average Bonchev–Trinajstić information content (AvgIpc) is 2.76. The Morgan fingerprint density at radius 1 is 1.44 bits per heavy atom. The molecule has 96 valence electrons. The van der Waals surface area contributed by atoms with Crippen molar-refractivity contribution in [3.63, 3.8) is 0 Å². The summed E-state index contributed by atoms with van der Waals surface area (Å²) in [4.78, 5) is 18.2. The number of aromatic nitrogens is 2. The zero-order chi connectivity index (χ0) is 13.1. The van der Waals surface area contributed by atoms with E-state index < -0.39 is 0 Å². The Morgan fingerprint density at radius 2 is 2.22 bits per heavy atom. The Morgan fingerprint density at radius 3 is 2.94 bits per heavy atom. The second kappa shape index (κ2) is 5.21. The van der Waals surface area contributed by atoms with Gasteiger partial charge in [0.05, 0.1) is 17.4 Å². The summed E-state index contributed by atoms with van der Waals surface area (Å²) in [5.41, 5.74) is 2.62. The smallest absolute Gasteiger partial charge is 0.253 e. The number of hydrogen-bond donors (Lipinski definition) is 0. The zero-order valence-electron chi connectivity index (χ0n) is 11.2. The number of nitrogens with zero attached hydrogens (tertiary/aromatic N) is 3. The minimum Gasteiger partial charge on any atom is -0.342 e. The Kier molecular flexibility index (Phi) is 3.65. The van der Waals surface area contributed by atoms with Gasteiger partial charge in [0, 0.05) is 26.2 Å². The number of fused-ring (bicyclic) bond motifs is 1. The first-order chi connectivity index (χ1) is 8.63. The molecule has 0 unspecified atom stereocenters. The van der Waals surface area contributed by atoms with Crippen LogP contribution in [0.25, 0.3) is 11.0 Å². The van der Waals surface area contributed by atoms with Gasteiger partial charge >= 0.3 is 0 Å². The van der Waals surface area contributed by atoms with Gasteiger partial charge in [-0.1, -0.05) is 13.3 Å². The number of carbonyl (C=O) groups excluding carboxylic acids is 1. The maximum Gasteiger partial charge on any atom is 0.253 e. The molecular formula is C14H19N3O. The normalized spacial score (nSPS) is 10.8. The lowest BCUT2D eigenvalue weighted by Crippen LogP contribution is -2.27. The van der Waals surface area contributed by atoms with E-state index in [1.54, 1.807) is 11.2 Å². The molecule has 2 rings (SSSR count). The van der Waals surface area contributed by atoms with Crippen molar-refractivity contribution in [2.45, 2.75) is 19.8 Å². The highest BCUT2D eigenvalue weighted by Crippen LogP contribution is 2.15. The van der Waals surface area contributed by atoms with E-state index in [0.29, 0.717) is 5.56 Å². The monoisotopic (exact) mass is 245 g/mol. The number of rotatable bonds is 4. The highest BCUT2D eigenvalue weighted by atomic mass is 16.2. The second-order valence-corrected chi connectivity index (χ2v) is 4.64. The Labute approximate surface area is 107 Å². The van der Waals surface area contributed by atoms with E-state index in [0.717, 1.165) is 30.4 Å². The topological polar surface area (TPSA) is 38.1 Å². The van der Waals surface area contributed by atoms with Crippen LogP contribution in [0, 0.1) is 0 Å². The third-order valence-corrected chi connectivity index (χ3v) is 3.17. The van der Waals surface area contributed by atoms with Crippen LogP contribution in [-0.2, 0) is 7.05 Å². The maximum absolute atomic E-state index is 12.2. The van der Waals surface area contributed by atoms with E-state index in [2.05, 4.69) is 11.9 Å². The quantitative estimate of drug-likeness (QED) is 0.829. The minimum atomic E-state index is 0.0657. The van der Waals surface area contributed by atoms with E-state index in [1.807, 2.05) is 36.9 Å². The number of carbonyl (C=O) groups is 1. The fourth-order valence-electron chi connectivity index (χ4n) is 1.99. The van der Waals surface area contributed by atoms with Crippen molar-refractivity contribution in [1.29, 1.82) is 0 Å². The van der Waals surface area contributed by atoms with Gasteiger partial charge in [-0.05, 0) is 24.6 Å². The molecule has 0 radical (unpaired) electrons. The third-order valence-electron chi connectivity index (χ3n) is 3.17. The molecule has 0 aliphatic carbocycles. The van der Waals surface area contributed by atoms with Gasteiger partial charge in [-0.25, -0.2) is 4.98 Å². The lowest BCUT2D eigenvalue weighted by Gasteiger charge is -2.16. The highest BCUT2D eigenvalue weighted by Gasteiger charge is 2.12. The molecule has 4 heteroatoms. The van der Waals surface area contributed by atoms with Gasteiger partial charge in [-0.15, -0.1) is 0 Å². The number of unbranched alkanes of at least 4 members (excludes halogenated alkanes) is 1. The van der Waals surface area contributed by atoms with Crippen molar-refractivity contribution in [2.24, 2.45) is 7.05 Å². The predicted molar refractivity (Wildman–Crippen MR) is 72.6 cm³/mol. The summed E-state index contributed by atoms with van der Waals surface area (Å²) < 4.78 is 1.95. The number of amides is 1. The molecule has 2 aromatic rings. The summed E-state index contributed by atoms with van der Waals surface area (Å²) in [6, 6.07) is 5.68. The molecule has 0 saturated carbocycles. The minimum absolute atomic E-state index is 0.0657. The van der Waals surface area contributed by atoms with E-state index in [-0.39, 0.29) is 5.91 Å². The van der Waals surface area contributed by atoms with Crippen LogP contribution < -0.4 is 0 Å². The summed E-state index contributed by atoms with van der Waals surface area (Å²) in [6.45, 7) is 2.92. The Balaban J connectivity index is 2.22. The molecule has 0 bridgehead atoms. The molecule has 1 amide bonds. The fourth-order valence-corrected chi connectivity index (χ4v) is 1.99. The summed E-state index contributed by atoms with van der Waals surface area (Å²) in [5.74, 6) is 0.0657. The lowest BCUT2D eigenvalue weighted by atomic mass is 10.1. The van der Waals surface area contributed by atoms with Crippen molar-refractivity contribution in [3.8, 4) is 0 Å². The molecule has 1 aromatic carbocycles. The fraction of sp³-hybridized carbons (Fsp3) is 0.429. The average molecular weight is 245 g/mol. The largest absolute Gasteiger partial charge is 0.342 e.